The van der Waals surface area contributed by atoms with Gasteiger partial charge in [-0.05, 0) is 54.1 Å². The van der Waals surface area contributed by atoms with E-state index in [0.717, 1.165) is 4.90 Å². The number of ether oxygens (including phenoxy) is 1. The van der Waals surface area contributed by atoms with Gasteiger partial charge in [0.15, 0.2) is 0 Å². The monoisotopic (exact) mass is 477 g/mol. The summed E-state index contributed by atoms with van der Waals surface area (Å²) in [5.41, 5.74) is 0.808. The fourth-order valence-electron chi connectivity index (χ4n) is 3.86. The van der Waals surface area contributed by atoms with Crippen LogP contribution >= 0.6 is 0 Å². The number of methoxy groups -OCH3 is 1. The molecular formula is C25H20FN3O6. The van der Waals surface area contributed by atoms with Gasteiger partial charge in [-0.25, -0.2) is 9.29 Å². The zero-order valence-corrected chi connectivity index (χ0v) is 18.6. The van der Waals surface area contributed by atoms with Gasteiger partial charge >= 0.3 is 0 Å². The van der Waals surface area contributed by atoms with Gasteiger partial charge in [0.25, 0.3) is 17.5 Å². The molecule has 3 aromatic carbocycles. The Labute approximate surface area is 199 Å². The number of imide groups is 1. The first kappa shape index (κ1) is 23.6. The summed E-state index contributed by atoms with van der Waals surface area (Å²) in [6.07, 6.45) is -0.245. The van der Waals surface area contributed by atoms with Gasteiger partial charge < -0.3 is 9.64 Å². The summed E-state index contributed by atoms with van der Waals surface area (Å²) in [5, 5.41) is 11.0. The Bertz CT molecular complexity index is 1280. The molecule has 0 bridgehead atoms. The van der Waals surface area contributed by atoms with Crippen LogP contribution in [0.4, 0.5) is 15.8 Å². The molecule has 10 heteroatoms. The first-order valence-corrected chi connectivity index (χ1v) is 10.6. The molecule has 1 fully saturated rings. The van der Waals surface area contributed by atoms with E-state index in [1.807, 2.05) is 0 Å². The lowest BCUT2D eigenvalue weighted by Crippen LogP contribution is -2.45. The van der Waals surface area contributed by atoms with E-state index in [0.29, 0.717) is 17.0 Å². The number of carbonyl (C=O) groups excluding carboxylic acids is 3. The first-order chi connectivity index (χ1) is 16.8. The molecule has 1 aliphatic rings. The highest BCUT2D eigenvalue weighted by molar-refractivity contribution is 6.23. The van der Waals surface area contributed by atoms with Gasteiger partial charge in [-0.1, -0.05) is 12.1 Å². The van der Waals surface area contributed by atoms with Gasteiger partial charge in [0, 0.05) is 24.2 Å². The van der Waals surface area contributed by atoms with Gasteiger partial charge in [0.1, 0.15) is 17.6 Å². The summed E-state index contributed by atoms with van der Waals surface area (Å²) >= 11 is 0. The van der Waals surface area contributed by atoms with Crippen molar-refractivity contribution in [3.63, 3.8) is 0 Å². The summed E-state index contributed by atoms with van der Waals surface area (Å²) in [7, 11) is 1.49. The van der Waals surface area contributed by atoms with E-state index < -0.39 is 34.5 Å². The van der Waals surface area contributed by atoms with E-state index in [1.165, 1.54) is 60.5 Å². The number of rotatable bonds is 7. The summed E-state index contributed by atoms with van der Waals surface area (Å²) in [5.74, 6) is -1.56. The van der Waals surface area contributed by atoms with Crippen molar-refractivity contribution in [3.05, 3.63) is 99.9 Å². The average molecular weight is 477 g/mol. The normalized spacial score (nSPS) is 15.3. The van der Waals surface area contributed by atoms with Crippen LogP contribution in [0.15, 0.2) is 72.8 Å². The molecule has 0 spiro atoms. The third-order valence-electron chi connectivity index (χ3n) is 5.68. The Morgan fingerprint density at radius 2 is 1.69 bits per heavy atom. The van der Waals surface area contributed by atoms with Crippen LogP contribution in [0.3, 0.4) is 0 Å². The van der Waals surface area contributed by atoms with E-state index in [2.05, 4.69) is 0 Å². The number of nitrogens with zero attached hydrogens (tertiary/aromatic N) is 3. The topological polar surface area (TPSA) is 110 Å². The van der Waals surface area contributed by atoms with E-state index >= 15 is 0 Å². The Hall–Kier alpha value is -4.60. The molecule has 0 aromatic heterocycles. The molecule has 9 nitrogen and oxygen atoms in total. The zero-order chi connectivity index (χ0) is 25.1. The largest absolute Gasteiger partial charge is 0.497 e. The molecule has 35 heavy (non-hydrogen) atoms. The molecule has 1 heterocycles. The van der Waals surface area contributed by atoms with Gasteiger partial charge in [0.05, 0.1) is 24.1 Å². The van der Waals surface area contributed by atoms with Crippen molar-refractivity contribution in [2.75, 3.05) is 12.0 Å². The molecule has 1 atom stereocenters. The molecule has 0 aliphatic carbocycles. The number of benzene rings is 3. The highest BCUT2D eigenvalue weighted by Gasteiger charge is 2.44. The first-order valence-electron chi connectivity index (χ1n) is 10.6. The van der Waals surface area contributed by atoms with Crippen molar-refractivity contribution in [1.29, 1.82) is 0 Å². The second-order valence-electron chi connectivity index (χ2n) is 7.85. The summed E-state index contributed by atoms with van der Waals surface area (Å²) in [4.78, 5) is 52.3. The summed E-state index contributed by atoms with van der Waals surface area (Å²) in [6.45, 7) is -0.0732. The van der Waals surface area contributed by atoms with Crippen LogP contribution in [0.1, 0.15) is 22.3 Å². The Morgan fingerprint density at radius 3 is 2.26 bits per heavy atom. The lowest BCUT2D eigenvalue weighted by Gasteiger charge is -2.28. The summed E-state index contributed by atoms with van der Waals surface area (Å²) < 4.78 is 18.5. The molecule has 0 N–H and O–H groups in total. The lowest BCUT2D eigenvalue weighted by molar-refractivity contribution is -0.384. The Kier molecular flexibility index (Phi) is 6.54. The van der Waals surface area contributed by atoms with Crippen molar-refractivity contribution >= 4 is 29.1 Å². The van der Waals surface area contributed by atoms with Crippen LogP contribution in [0.25, 0.3) is 0 Å². The minimum Gasteiger partial charge on any atom is -0.497 e. The SMILES string of the molecule is COc1ccc(N2C(=O)CC(N(Cc3ccc(F)cc3)C(=O)c3ccc([N+](=O)[O-])cc3)C2=O)cc1. The number of non-ortho nitro benzene ring substituents is 1. The van der Waals surface area contributed by atoms with Crippen molar-refractivity contribution in [2.45, 2.75) is 19.0 Å². The average Bonchev–Trinajstić information content (AvgIpc) is 3.16. The van der Waals surface area contributed by atoms with Crippen LogP contribution in [-0.2, 0) is 16.1 Å². The molecule has 1 saturated heterocycles. The number of hydrogen-bond acceptors (Lipinski definition) is 6. The molecule has 1 unspecified atom stereocenters. The molecule has 4 rings (SSSR count). The number of anilines is 1. The number of amides is 3. The lowest BCUT2D eigenvalue weighted by atomic mass is 10.1. The fraction of sp³-hybridized carbons (Fsp3) is 0.160. The second-order valence-corrected chi connectivity index (χ2v) is 7.85. The second kappa shape index (κ2) is 9.72. The molecular weight excluding hydrogens is 457 g/mol. The molecule has 3 aromatic rings. The Balaban J connectivity index is 1.67. The number of halogens is 1. The van der Waals surface area contributed by atoms with Crippen LogP contribution in [-0.4, -0.2) is 40.7 Å². The van der Waals surface area contributed by atoms with Gasteiger partial charge in [-0.15, -0.1) is 0 Å². The number of hydrogen-bond donors (Lipinski definition) is 0. The van der Waals surface area contributed by atoms with E-state index in [4.69, 9.17) is 4.74 Å². The van der Waals surface area contributed by atoms with Gasteiger partial charge in [-0.3, -0.25) is 24.5 Å². The number of carbonyl (C=O) groups is 3. The minimum absolute atomic E-state index is 0.0732. The minimum atomic E-state index is -1.11. The van der Waals surface area contributed by atoms with Crippen LogP contribution in [0, 0.1) is 15.9 Å². The van der Waals surface area contributed by atoms with Crippen LogP contribution in [0.5, 0.6) is 5.75 Å². The van der Waals surface area contributed by atoms with E-state index in [9.17, 15) is 28.9 Å². The van der Waals surface area contributed by atoms with Gasteiger partial charge in [-0.2, -0.15) is 0 Å². The van der Waals surface area contributed by atoms with Crippen LogP contribution in [0.2, 0.25) is 0 Å². The predicted molar refractivity (Wildman–Crippen MR) is 123 cm³/mol. The quantitative estimate of drug-likeness (QED) is 0.291. The van der Waals surface area contributed by atoms with Crippen molar-refractivity contribution in [2.24, 2.45) is 0 Å². The fourth-order valence-corrected chi connectivity index (χ4v) is 3.86. The third-order valence-corrected chi connectivity index (χ3v) is 5.68. The highest BCUT2D eigenvalue weighted by Crippen LogP contribution is 2.29. The molecule has 1 aliphatic heterocycles. The maximum atomic E-state index is 13.4. The standard InChI is InChI=1S/C25H20FN3O6/c1-35-21-12-10-19(11-13-21)28-23(30)14-22(25(28)32)27(15-16-2-6-18(26)7-3-16)24(31)17-4-8-20(9-5-17)29(33)34/h2-13,22H,14-15H2,1H3. The van der Waals surface area contributed by atoms with Crippen LogP contribution < -0.4 is 9.64 Å². The van der Waals surface area contributed by atoms with Crippen molar-refractivity contribution < 1.29 is 28.4 Å². The molecule has 178 valence electrons. The van der Waals surface area contributed by atoms with E-state index in [1.54, 1.807) is 24.3 Å². The predicted octanol–water partition coefficient (Wildman–Crippen LogP) is 3.72. The number of nitro benzene ring substituents is 1. The molecule has 3 amide bonds. The highest BCUT2D eigenvalue weighted by atomic mass is 19.1. The van der Waals surface area contributed by atoms with Gasteiger partial charge in [0.2, 0.25) is 5.91 Å². The molecule has 0 saturated carbocycles. The van der Waals surface area contributed by atoms with Crippen molar-refractivity contribution in [1.82, 2.24) is 4.90 Å². The van der Waals surface area contributed by atoms with Crippen molar-refractivity contribution in [3.8, 4) is 5.75 Å². The summed E-state index contributed by atoms with van der Waals surface area (Å²) in [6, 6.07) is 15.6. The third kappa shape index (κ3) is 4.86. The smallest absolute Gasteiger partial charge is 0.269 e. The maximum absolute atomic E-state index is 13.4. The van der Waals surface area contributed by atoms with E-state index in [-0.39, 0.29) is 24.2 Å². The maximum Gasteiger partial charge on any atom is 0.269 e. The number of nitro groups is 1. The zero-order valence-electron chi connectivity index (χ0n) is 18.6. The Morgan fingerprint density at radius 1 is 1.06 bits per heavy atom. The molecule has 0 radical (unpaired) electrons.